The molecule has 2 saturated carbocycles. The minimum atomic E-state index is -0.799. The number of halogens is 1. The van der Waals surface area contributed by atoms with Gasteiger partial charge in [0.2, 0.25) is 5.91 Å². The van der Waals surface area contributed by atoms with Gasteiger partial charge in [-0.15, -0.1) is 0 Å². The molecule has 2 atom stereocenters. The first-order valence-corrected chi connectivity index (χ1v) is 8.29. The maximum Gasteiger partial charge on any atom is 0.306 e. The van der Waals surface area contributed by atoms with Gasteiger partial charge in [0.05, 0.1) is 5.92 Å². The van der Waals surface area contributed by atoms with Crippen LogP contribution in [-0.2, 0) is 16.1 Å². The molecular formula is C18H22FNO3. The van der Waals surface area contributed by atoms with Crippen molar-refractivity contribution in [1.82, 2.24) is 4.90 Å². The van der Waals surface area contributed by atoms with Crippen molar-refractivity contribution in [2.24, 2.45) is 17.8 Å². The van der Waals surface area contributed by atoms with Gasteiger partial charge in [-0.3, -0.25) is 9.59 Å². The fourth-order valence-corrected chi connectivity index (χ4v) is 3.34. The molecule has 2 aliphatic carbocycles. The van der Waals surface area contributed by atoms with Gasteiger partial charge in [-0.2, -0.15) is 0 Å². The molecule has 0 heterocycles. The van der Waals surface area contributed by atoms with Crippen molar-refractivity contribution in [2.45, 2.75) is 38.6 Å². The third-order valence-corrected chi connectivity index (χ3v) is 4.90. The standard InChI is InChI=1S/C18H22FNO3/c19-16-7-3-13(4-8-16)11-20(10-12-1-2-12)17(21)14-5-6-15(9-14)18(22)23/h3-4,7-8,12,14-15H,1-2,5-6,9-11H2,(H,22,23)/t14-,15+/m0/s1. The Balaban J connectivity index is 1.66. The van der Waals surface area contributed by atoms with Crippen molar-refractivity contribution in [2.75, 3.05) is 6.54 Å². The number of carboxylic acid groups (broad SMARTS) is 1. The summed E-state index contributed by atoms with van der Waals surface area (Å²) in [6.07, 6.45) is 3.98. The zero-order chi connectivity index (χ0) is 16.4. The number of benzene rings is 1. The lowest BCUT2D eigenvalue weighted by atomic mass is 10.0. The molecule has 0 bridgehead atoms. The lowest BCUT2D eigenvalue weighted by Crippen LogP contribution is -2.36. The van der Waals surface area contributed by atoms with Crippen LogP contribution in [-0.4, -0.2) is 28.4 Å². The number of amides is 1. The Morgan fingerprint density at radius 3 is 2.30 bits per heavy atom. The fraction of sp³-hybridized carbons (Fsp3) is 0.556. The molecule has 4 nitrogen and oxygen atoms in total. The van der Waals surface area contributed by atoms with Crippen molar-refractivity contribution in [3.8, 4) is 0 Å². The third-order valence-electron chi connectivity index (χ3n) is 4.90. The number of carbonyl (C=O) groups excluding carboxylic acids is 1. The number of nitrogens with zero attached hydrogens (tertiary/aromatic N) is 1. The monoisotopic (exact) mass is 319 g/mol. The third kappa shape index (κ3) is 4.09. The van der Waals surface area contributed by atoms with Gasteiger partial charge in [0.15, 0.2) is 0 Å². The molecule has 5 heteroatoms. The lowest BCUT2D eigenvalue weighted by Gasteiger charge is -2.26. The normalized spacial score (nSPS) is 23.7. The van der Waals surface area contributed by atoms with Gasteiger partial charge in [-0.25, -0.2) is 4.39 Å². The minimum Gasteiger partial charge on any atom is -0.481 e. The molecule has 0 aliphatic heterocycles. The van der Waals surface area contributed by atoms with Crippen molar-refractivity contribution in [3.63, 3.8) is 0 Å². The van der Waals surface area contributed by atoms with Gasteiger partial charge in [0.1, 0.15) is 5.82 Å². The van der Waals surface area contributed by atoms with E-state index in [4.69, 9.17) is 5.11 Å². The molecule has 0 aromatic heterocycles. The van der Waals surface area contributed by atoms with Crippen LogP contribution in [0, 0.1) is 23.6 Å². The van der Waals surface area contributed by atoms with Crippen molar-refractivity contribution < 1.29 is 19.1 Å². The van der Waals surface area contributed by atoms with E-state index in [0.717, 1.165) is 24.9 Å². The fourth-order valence-electron chi connectivity index (χ4n) is 3.34. The lowest BCUT2D eigenvalue weighted by molar-refractivity contribution is -0.141. The molecule has 0 saturated heterocycles. The smallest absolute Gasteiger partial charge is 0.306 e. The minimum absolute atomic E-state index is 0.0602. The number of hydrogen-bond acceptors (Lipinski definition) is 2. The largest absolute Gasteiger partial charge is 0.481 e. The summed E-state index contributed by atoms with van der Waals surface area (Å²) in [7, 11) is 0. The summed E-state index contributed by atoms with van der Waals surface area (Å²) < 4.78 is 13.0. The number of hydrogen-bond donors (Lipinski definition) is 1. The summed E-state index contributed by atoms with van der Waals surface area (Å²) in [5.74, 6) is -1.03. The van der Waals surface area contributed by atoms with Crippen LogP contribution in [0.2, 0.25) is 0 Å². The van der Waals surface area contributed by atoms with E-state index in [0.29, 0.717) is 31.7 Å². The first-order valence-electron chi connectivity index (χ1n) is 8.29. The molecule has 124 valence electrons. The van der Waals surface area contributed by atoms with Gasteiger partial charge in [0.25, 0.3) is 0 Å². The molecule has 1 aromatic rings. The summed E-state index contributed by atoms with van der Waals surface area (Å²) in [5, 5.41) is 9.11. The van der Waals surface area contributed by atoms with Gasteiger partial charge < -0.3 is 10.0 Å². The highest BCUT2D eigenvalue weighted by Crippen LogP contribution is 2.35. The van der Waals surface area contributed by atoms with Crippen LogP contribution in [0.25, 0.3) is 0 Å². The number of carbonyl (C=O) groups is 2. The molecule has 3 rings (SSSR count). The van der Waals surface area contributed by atoms with Crippen LogP contribution in [0.5, 0.6) is 0 Å². The van der Waals surface area contributed by atoms with Crippen molar-refractivity contribution in [3.05, 3.63) is 35.6 Å². The van der Waals surface area contributed by atoms with E-state index in [1.807, 2.05) is 4.90 Å². The number of rotatable bonds is 6. The zero-order valence-electron chi connectivity index (χ0n) is 13.1. The van der Waals surface area contributed by atoms with E-state index in [9.17, 15) is 14.0 Å². The molecule has 0 radical (unpaired) electrons. The summed E-state index contributed by atoms with van der Waals surface area (Å²) >= 11 is 0. The number of aliphatic carboxylic acids is 1. The van der Waals surface area contributed by atoms with Crippen molar-refractivity contribution >= 4 is 11.9 Å². The van der Waals surface area contributed by atoms with Crippen LogP contribution in [0.15, 0.2) is 24.3 Å². The zero-order valence-corrected chi connectivity index (χ0v) is 13.1. The molecular weight excluding hydrogens is 297 g/mol. The summed E-state index contributed by atoms with van der Waals surface area (Å²) in [4.78, 5) is 25.7. The van der Waals surface area contributed by atoms with Crippen LogP contribution in [0.3, 0.4) is 0 Å². The van der Waals surface area contributed by atoms with E-state index < -0.39 is 11.9 Å². The highest BCUT2D eigenvalue weighted by atomic mass is 19.1. The van der Waals surface area contributed by atoms with Crippen molar-refractivity contribution in [1.29, 1.82) is 0 Å². The Morgan fingerprint density at radius 1 is 1.09 bits per heavy atom. The first kappa shape index (κ1) is 16.0. The molecule has 1 aromatic carbocycles. The second kappa shape index (κ2) is 6.69. The molecule has 0 spiro atoms. The quantitative estimate of drug-likeness (QED) is 0.876. The molecule has 1 N–H and O–H groups in total. The van der Waals surface area contributed by atoms with Crippen LogP contribution in [0.4, 0.5) is 4.39 Å². The summed E-state index contributed by atoms with van der Waals surface area (Å²) in [5.41, 5.74) is 0.910. The molecule has 2 aliphatic rings. The molecule has 23 heavy (non-hydrogen) atoms. The SMILES string of the molecule is O=C(O)[C@@H]1CC[C@H](C(=O)N(Cc2ccc(F)cc2)CC2CC2)C1. The van der Waals surface area contributed by atoms with Gasteiger partial charge >= 0.3 is 5.97 Å². The van der Waals surface area contributed by atoms with Crippen LogP contribution < -0.4 is 0 Å². The number of carboxylic acids is 1. The Hall–Kier alpha value is -1.91. The molecule has 0 unspecified atom stereocenters. The highest BCUT2D eigenvalue weighted by molar-refractivity contribution is 5.81. The summed E-state index contributed by atoms with van der Waals surface area (Å²) in [6.45, 7) is 1.20. The summed E-state index contributed by atoms with van der Waals surface area (Å²) in [6, 6.07) is 6.23. The Kier molecular flexibility index (Phi) is 4.64. The van der Waals surface area contributed by atoms with Gasteiger partial charge in [-0.1, -0.05) is 12.1 Å². The predicted octanol–water partition coefficient (Wildman–Crippen LogP) is 3.07. The Bertz CT molecular complexity index is 582. The van der Waals surface area contributed by atoms with Gasteiger partial charge in [0, 0.05) is 19.0 Å². The average molecular weight is 319 g/mol. The van der Waals surface area contributed by atoms with Crippen LogP contribution in [0.1, 0.15) is 37.7 Å². The van der Waals surface area contributed by atoms with Crippen LogP contribution >= 0.6 is 0 Å². The molecule has 1 amide bonds. The maximum atomic E-state index is 13.0. The first-order chi connectivity index (χ1) is 11.0. The van der Waals surface area contributed by atoms with E-state index >= 15 is 0 Å². The predicted molar refractivity (Wildman–Crippen MR) is 83.0 cm³/mol. The topological polar surface area (TPSA) is 57.6 Å². The Labute approximate surface area is 135 Å². The second-order valence-corrected chi connectivity index (χ2v) is 6.83. The van der Waals surface area contributed by atoms with E-state index in [-0.39, 0.29) is 17.6 Å². The van der Waals surface area contributed by atoms with E-state index in [1.54, 1.807) is 12.1 Å². The second-order valence-electron chi connectivity index (χ2n) is 6.83. The van der Waals surface area contributed by atoms with Gasteiger partial charge in [-0.05, 0) is 55.7 Å². The highest BCUT2D eigenvalue weighted by Gasteiger charge is 2.37. The van der Waals surface area contributed by atoms with E-state index in [1.165, 1.54) is 12.1 Å². The maximum absolute atomic E-state index is 13.0. The van der Waals surface area contributed by atoms with E-state index in [2.05, 4.69) is 0 Å². The molecule has 2 fully saturated rings. The Morgan fingerprint density at radius 2 is 1.74 bits per heavy atom. The average Bonchev–Trinajstić information content (AvgIpc) is 3.20.